The minimum Gasteiger partial charge on any atom is -0.382 e. The SMILES string of the molecule is CS(=O)(=O)c1cnn(-c2ncc(C(F)(F)F)cc2Cl)c1N. The highest BCUT2D eigenvalue weighted by Gasteiger charge is 2.32. The molecular weight excluding hydrogens is 333 g/mol. The van der Waals surface area contributed by atoms with Crippen LogP contribution in [0.2, 0.25) is 5.02 Å². The van der Waals surface area contributed by atoms with Gasteiger partial charge in [-0.2, -0.15) is 23.0 Å². The molecule has 0 radical (unpaired) electrons. The zero-order chi connectivity index (χ0) is 16.0. The van der Waals surface area contributed by atoms with E-state index in [4.69, 9.17) is 17.3 Å². The van der Waals surface area contributed by atoms with E-state index in [1.54, 1.807) is 0 Å². The highest BCUT2D eigenvalue weighted by Crippen LogP contribution is 2.32. The van der Waals surface area contributed by atoms with E-state index in [-0.39, 0.29) is 21.6 Å². The average Bonchev–Trinajstić information content (AvgIpc) is 2.69. The van der Waals surface area contributed by atoms with Crippen LogP contribution in [0.25, 0.3) is 5.82 Å². The summed E-state index contributed by atoms with van der Waals surface area (Å²) in [6.45, 7) is 0. The summed E-state index contributed by atoms with van der Waals surface area (Å²) in [6, 6.07) is 0.658. The Morgan fingerprint density at radius 2 is 1.95 bits per heavy atom. The van der Waals surface area contributed by atoms with E-state index in [0.29, 0.717) is 12.3 Å². The second kappa shape index (κ2) is 4.88. The van der Waals surface area contributed by atoms with Crippen LogP contribution in [0.3, 0.4) is 0 Å². The van der Waals surface area contributed by atoms with Gasteiger partial charge in [-0.05, 0) is 6.07 Å². The molecule has 21 heavy (non-hydrogen) atoms. The summed E-state index contributed by atoms with van der Waals surface area (Å²) in [4.78, 5) is 3.28. The summed E-state index contributed by atoms with van der Waals surface area (Å²) < 4.78 is 61.3. The van der Waals surface area contributed by atoms with Gasteiger partial charge in [0.15, 0.2) is 15.7 Å². The second-order valence-electron chi connectivity index (χ2n) is 4.11. The fourth-order valence-corrected chi connectivity index (χ4v) is 2.49. The molecule has 0 aromatic carbocycles. The number of aromatic nitrogens is 3. The maximum Gasteiger partial charge on any atom is 0.417 e. The molecule has 0 saturated carbocycles. The van der Waals surface area contributed by atoms with Gasteiger partial charge in [-0.1, -0.05) is 11.6 Å². The number of nitrogen functional groups attached to an aromatic ring is 1. The first-order valence-corrected chi connectivity index (χ1v) is 7.55. The third-order valence-electron chi connectivity index (χ3n) is 2.52. The van der Waals surface area contributed by atoms with Crippen molar-refractivity contribution in [1.29, 1.82) is 0 Å². The highest BCUT2D eigenvalue weighted by atomic mass is 35.5. The Kier molecular flexibility index (Phi) is 3.62. The molecule has 2 rings (SSSR count). The normalized spacial score (nSPS) is 12.6. The lowest BCUT2D eigenvalue weighted by atomic mass is 10.3. The van der Waals surface area contributed by atoms with Crippen molar-refractivity contribution >= 4 is 27.3 Å². The first-order valence-electron chi connectivity index (χ1n) is 5.28. The second-order valence-corrected chi connectivity index (χ2v) is 6.50. The quantitative estimate of drug-likeness (QED) is 0.902. The lowest BCUT2D eigenvalue weighted by molar-refractivity contribution is -0.137. The van der Waals surface area contributed by atoms with E-state index >= 15 is 0 Å². The van der Waals surface area contributed by atoms with Crippen molar-refractivity contribution < 1.29 is 21.6 Å². The summed E-state index contributed by atoms with van der Waals surface area (Å²) in [5.41, 5.74) is 4.58. The number of alkyl halides is 3. The molecule has 0 atom stereocenters. The summed E-state index contributed by atoms with van der Waals surface area (Å²) in [7, 11) is -3.62. The molecule has 114 valence electrons. The number of pyridine rings is 1. The number of sulfone groups is 1. The van der Waals surface area contributed by atoms with Gasteiger partial charge in [0.2, 0.25) is 0 Å². The molecule has 0 saturated heterocycles. The molecule has 0 fully saturated rings. The van der Waals surface area contributed by atoms with E-state index in [9.17, 15) is 21.6 Å². The number of halogens is 4. The summed E-state index contributed by atoms with van der Waals surface area (Å²) in [6.07, 6.45) is -2.14. The third kappa shape index (κ3) is 2.95. The molecule has 0 bridgehead atoms. The number of nitrogens with two attached hydrogens (primary N) is 1. The third-order valence-corrected chi connectivity index (χ3v) is 3.91. The van der Waals surface area contributed by atoms with Crippen molar-refractivity contribution in [2.45, 2.75) is 11.1 Å². The zero-order valence-electron chi connectivity index (χ0n) is 10.4. The van der Waals surface area contributed by atoms with Crippen LogP contribution in [-0.4, -0.2) is 29.4 Å². The molecule has 0 aliphatic carbocycles. The lowest BCUT2D eigenvalue weighted by Gasteiger charge is -2.10. The minimum absolute atomic E-state index is 0.197. The largest absolute Gasteiger partial charge is 0.417 e. The van der Waals surface area contributed by atoms with Crippen molar-refractivity contribution in [2.75, 3.05) is 12.0 Å². The fourth-order valence-electron chi connectivity index (χ4n) is 1.54. The topological polar surface area (TPSA) is 90.9 Å². The van der Waals surface area contributed by atoms with Crippen LogP contribution >= 0.6 is 11.6 Å². The molecule has 6 nitrogen and oxygen atoms in total. The molecule has 2 aromatic heterocycles. The summed E-state index contributed by atoms with van der Waals surface area (Å²) in [5.74, 6) is -0.483. The summed E-state index contributed by atoms with van der Waals surface area (Å²) in [5, 5.41) is 3.33. The van der Waals surface area contributed by atoms with Gasteiger partial charge in [0.05, 0.1) is 16.8 Å². The maximum atomic E-state index is 12.5. The first kappa shape index (κ1) is 15.6. The Bertz CT molecular complexity index is 801. The van der Waals surface area contributed by atoms with Crippen LogP contribution in [0.1, 0.15) is 5.56 Å². The predicted octanol–water partition coefficient (Wildman–Crippen LogP) is 1.93. The summed E-state index contributed by atoms with van der Waals surface area (Å²) >= 11 is 5.74. The fraction of sp³-hybridized carbons (Fsp3) is 0.200. The zero-order valence-corrected chi connectivity index (χ0v) is 12.0. The molecule has 2 aromatic rings. The number of hydrogen-bond acceptors (Lipinski definition) is 5. The van der Waals surface area contributed by atoms with E-state index in [1.807, 2.05) is 0 Å². The molecule has 0 aliphatic heterocycles. The van der Waals surface area contributed by atoms with Crippen LogP contribution in [0.15, 0.2) is 23.4 Å². The molecule has 11 heteroatoms. The van der Waals surface area contributed by atoms with Crippen LogP contribution in [0.4, 0.5) is 19.0 Å². The van der Waals surface area contributed by atoms with Gasteiger partial charge in [0.1, 0.15) is 10.7 Å². The number of nitrogens with zero attached hydrogens (tertiary/aromatic N) is 3. The van der Waals surface area contributed by atoms with Gasteiger partial charge in [0, 0.05) is 12.5 Å². The van der Waals surface area contributed by atoms with Crippen molar-refractivity contribution in [1.82, 2.24) is 14.8 Å². The van der Waals surface area contributed by atoms with Gasteiger partial charge in [-0.15, -0.1) is 0 Å². The number of anilines is 1. The van der Waals surface area contributed by atoms with Crippen molar-refractivity contribution in [3.8, 4) is 5.82 Å². The maximum absolute atomic E-state index is 12.5. The number of hydrogen-bond donors (Lipinski definition) is 1. The lowest BCUT2D eigenvalue weighted by Crippen LogP contribution is -2.10. The van der Waals surface area contributed by atoms with Gasteiger partial charge in [0.25, 0.3) is 0 Å². The Hall–Kier alpha value is -1.81. The Morgan fingerprint density at radius 1 is 1.33 bits per heavy atom. The van der Waals surface area contributed by atoms with Gasteiger partial charge in [-0.3, -0.25) is 0 Å². The standard InChI is InChI=1S/C10H8ClF3N4O2S/c1-21(19,20)7-4-17-18(8(7)15)9-6(11)2-5(3-16-9)10(12,13)14/h2-4H,15H2,1H3. The van der Waals surface area contributed by atoms with Gasteiger partial charge in [-0.25, -0.2) is 13.4 Å². The van der Waals surface area contributed by atoms with E-state index in [1.165, 1.54) is 0 Å². The van der Waals surface area contributed by atoms with E-state index < -0.39 is 21.6 Å². The molecule has 0 unspecified atom stereocenters. The van der Waals surface area contributed by atoms with Crippen LogP contribution in [0, 0.1) is 0 Å². The average molecular weight is 341 g/mol. The van der Waals surface area contributed by atoms with Crippen molar-refractivity contribution in [3.63, 3.8) is 0 Å². The van der Waals surface area contributed by atoms with Crippen LogP contribution in [0.5, 0.6) is 0 Å². The van der Waals surface area contributed by atoms with Crippen LogP contribution in [-0.2, 0) is 16.0 Å². The van der Waals surface area contributed by atoms with Gasteiger partial charge < -0.3 is 5.73 Å². The smallest absolute Gasteiger partial charge is 0.382 e. The van der Waals surface area contributed by atoms with Crippen molar-refractivity contribution in [3.05, 3.63) is 29.0 Å². The van der Waals surface area contributed by atoms with Crippen molar-refractivity contribution in [2.24, 2.45) is 0 Å². The monoisotopic (exact) mass is 340 g/mol. The predicted molar refractivity (Wildman–Crippen MR) is 68.9 cm³/mol. The minimum atomic E-state index is -4.59. The van der Waals surface area contributed by atoms with Crippen LogP contribution < -0.4 is 5.73 Å². The Balaban J connectivity index is 2.57. The Labute approximate surface area is 122 Å². The molecule has 0 amide bonds. The Morgan fingerprint density at radius 3 is 2.38 bits per heavy atom. The molecule has 0 spiro atoms. The molecule has 0 aliphatic rings. The number of rotatable bonds is 2. The van der Waals surface area contributed by atoms with E-state index in [2.05, 4.69) is 10.1 Å². The molecular formula is C10H8ClF3N4O2S. The molecule has 2 heterocycles. The highest BCUT2D eigenvalue weighted by molar-refractivity contribution is 7.90. The van der Waals surface area contributed by atoms with Gasteiger partial charge >= 0.3 is 6.18 Å². The molecule has 2 N–H and O–H groups in total. The van der Waals surface area contributed by atoms with E-state index in [0.717, 1.165) is 17.1 Å². The first-order chi connectivity index (χ1) is 9.51.